The van der Waals surface area contributed by atoms with Crippen molar-refractivity contribution in [2.75, 3.05) is 7.11 Å². The Labute approximate surface area is 361 Å². The van der Waals surface area contributed by atoms with Crippen molar-refractivity contribution in [3.05, 3.63) is 48.0 Å². The molecule has 0 radical (unpaired) electrons. The zero-order valence-electron chi connectivity index (χ0n) is 38.9. The standard InChI is InChI=1S/C46H70O15/c1-17-18-24-32(48)55-35-34(56-43(14,15)53-16)44(26-25-28(2)33(54-30(4)47)29(3)27-31-22-20-19-21-23-31)57-36(37(49)58-40(5,6)7)45(52,38(50)59-41(8,9)10)46(35,61-44)39(51)60-42(11,12)13/h19-23,29,33-36,52H,2,17-18,24-27H2,1,3-16H3/t29?,33?,34-,35-,36-,44-,45-,46-/m1/s1. The maximum absolute atomic E-state index is 15.2. The Morgan fingerprint density at radius 2 is 1.39 bits per heavy atom. The Morgan fingerprint density at radius 3 is 1.90 bits per heavy atom. The number of ether oxygens (including phenoxy) is 9. The zero-order valence-corrected chi connectivity index (χ0v) is 38.9. The van der Waals surface area contributed by atoms with Gasteiger partial charge in [-0.05, 0) is 107 Å². The van der Waals surface area contributed by atoms with Crippen molar-refractivity contribution in [3.8, 4) is 0 Å². The van der Waals surface area contributed by atoms with Crippen molar-refractivity contribution >= 4 is 29.8 Å². The third-order valence-corrected chi connectivity index (χ3v) is 10.0. The number of rotatable bonds is 18. The van der Waals surface area contributed by atoms with Crippen LogP contribution in [0.15, 0.2) is 42.5 Å². The van der Waals surface area contributed by atoms with E-state index in [1.807, 2.05) is 44.2 Å². The van der Waals surface area contributed by atoms with Crippen LogP contribution in [0.5, 0.6) is 0 Å². The minimum atomic E-state index is -3.47. The Hall–Kier alpha value is -3.89. The minimum Gasteiger partial charge on any atom is -0.458 e. The van der Waals surface area contributed by atoms with E-state index in [2.05, 4.69) is 6.58 Å². The smallest absolute Gasteiger partial charge is 0.347 e. The summed E-state index contributed by atoms with van der Waals surface area (Å²) in [5.41, 5.74) is -9.09. The Balaban J connectivity index is 2.46. The molecule has 0 spiro atoms. The molecule has 0 saturated carbocycles. The first kappa shape index (κ1) is 51.5. The van der Waals surface area contributed by atoms with Crippen LogP contribution in [-0.4, -0.2) is 106 Å². The van der Waals surface area contributed by atoms with E-state index in [1.165, 1.54) is 48.7 Å². The maximum Gasteiger partial charge on any atom is 0.347 e. The summed E-state index contributed by atoms with van der Waals surface area (Å²) in [4.78, 5) is 71.0. The van der Waals surface area contributed by atoms with Gasteiger partial charge in [-0.25, -0.2) is 14.4 Å². The maximum atomic E-state index is 15.2. The molecule has 8 atom stereocenters. The second-order valence-corrected chi connectivity index (χ2v) is 19.5. The number of benzene rings is 1. The molecule has 2 fully saturated rings. The van der Waals surface area contributed by atoms with Crippen molar-refractivity contribution in [3.63, 3.8) is 0 Å². The fourth-order valence-electron chi connectivity index (χ4n) is 7.33. The third-order valence-electron chi connectivity index (χ3n) is 10.0. The first-order valence-corrected chi connectivity index (χ1v) is 21.0. The summed E-state index contributed by atoms with van der Waals surface area (Å²) in [7, 11) is 1.35. The molecular weight excluding hydrogens is 792 g/mol. The minimum absolute atomic E-state index is 0.0862. The number of aliphatic hydroxyl groups is 1. The Kier molecular flexibility index (Phi) is 16.2. The van der Waals surface area contributed by atoms with Crippen molar-refractivity contribution < 1.29 is 71.7 Å². The predicted octanol–water partition coefficient (Wildman–Crippen LogP) is 6.62. The number of carbonyl (C=O) groups is 5. The van der Waals surface area contributed by atoms with Crippen LogP contribution in [0.3, 0.4) is 0 Å². The molecule has 1 aromatic rings. The molecule has 1 aromatic carbocycles. The fraction of sp³-hybridized carbons (Fsp3) is 0.717. The molecule has 15 nitrogen and oxygen atoms in total. The van der Waals surface area contributed by atoms with E-state index in [4.69, 9.17) is 42.6 Å². The van der Waals surface area contributed by atoms with Crippen LogP contribution in [0.4, 0.5) is 0 Å². The van der Waals surface area contributed by atoms with Gasteiger partial charge in [0.05, 0.1) is 0 Å². The van der Waals surface area contributed by atoms with E-state index in [9.17, 15) is 24.3 Å². The first-order chi connectivity index (χ1) is 27.9. The summed E-state index contributed by atoms with van der Waals surface area (Å²) in [5, 5.41) is 13.3. The number of fused-ring (bicyclic) bond motifs is 2. The number of hydrogen-bond donors (Lipinski definition) is 1. The van der Waals surface area contributed by atoms with Gasteiger partial charge in [0.1, 0.15) is 22.9 Å². The third kappa shape index (κ3) is 12.4. The predicted molar refractivity (Wildman–Crippen MR) is 223 cm³/mol. The normalized spacial score (nSPS) is 26.4. The van der Waals surface area contributed by atoms with Crippen LogP contribution in [0.25, 0.3) is 0 Å². The molecule has 2 bridgehead atoms. The number of carbonyl (C=O) groups excluding carboxylic acids is 5. The van der Waals surface area contributed by atoms with Gasteiger partial charge < -0.3 is 47.7 Å². The highest BCUT2D eigenvalue weighted by molar-refractivity contribution is 6.00. The second-order valence-electron chi connectivity index (χ2n) is 19.5. The summed E-state index contributed by atoms with van der Waals surface area (Å²) in [5.74, 6) is -9.83. The van der Waals surface area contributed by atoms with Crippen LogP contribution in [0, 0.1) is 5.92 Å². The second kappa shape index (κ2) is 19.2. The van der Waals surface area contributed by atoms with E-state index in [1.54, 1.807) is 41.5 Å². The van der Waals surface area contributed by atoms with E-state index in [-0.39, 0.29) is 25.2 Å². The molecule has 61 heavy (non-hydrogen) atoms. The van der Waals surface area contributed by atoms with Gasteiger partial charge in [0.15, 0.2) is 18.0 Å². The summed E-state index contributed by atoms with van der Waals surface area (Å²) in [6.45, 7) is 26.3. The van der Waals surface area contributed by atoms with Gasteiger partial charge in [-0.2, -0.15) is 0 Å². The van der Waals surface area contributed by atoms with E-state index < -0.39 is 93.8 Å². The molecule has 0 amide bonds. The van der Waals surface area contributed by atoms with Gasteiger partial charge in [0.2, 0.25) is 17.5 Å². The average Bonchev–Trinajstić information content (AvgIpc) is 3.34. The van der Waals surface area contributed by atoms with Gasteiger partial charge in [-0.1, -0.05) is 57.2 Å². The van der Waals surface area contributed by atoms with E-state index in [0.29, 0.717) is 24.8 Å². The van der Waals surface area contributed by atoms with Crippen molar-refractivity contribution in [2.45, 2.75) is 199 Å². The van der Waals surface area contributed by atoms with Crippen LogP contribution in [0.1, 0.15) is 135 Å². The van der Waals surface area contributed by atoms with Crippen LogP contribution in [0.2, 0.25) is 0 Å². The molecule has 2 heterocycles. The molecule has 15 heteroatoms. The molecule has 2 unspecified atom stereocenters. The zero-order chi connectivity index (χ0) is 46.6. The average molecular weight is 863 g/mol. The highest BCUT2D eigenvalue weighted by Gasteiger charge is 2.87. The number of unbranched alkanes of at least 4 members (excludes halogenated alkanes) is 1. The van der Waals surface area contributed by atoms with Crippen molar-refractivity contribution in [1.82, 2.24) is 0 Å². The van der Waals surface area contributed by atoms with Gasteiger partial charge in [-0.15, -0.1) is 0 Å². The van der Waals surface area contributed by atoms with Gasteiger partial charge in [0.25, 0.3) is 5.60 Å². The molecule has 2 aliphatic rings. The Morgan fingerprint density at radius 1 is 0.836 bits per heavy atom. The largest absolute Gasteiger partial charge is 0.458 e. The van der Waals surface area contributed by atoms with Gasteiger partial charge in [-0.3, -0.25) is 9.59 Å². The van der Waals surface area contributed by atoms with Crippen LogP contribution < -0.4 is 0 Å². The molecule has 2 aliphatic heterocycles. The lowest BCUT2D eigenvalue weighted by Crippen LogP contribution is -2.79. The lowest BCUT2D eigenvalue weighted by atomic mass is 9.74. The molecule has 1 N–H and O–H groups in total. The quantitative estimate of drug-likeness (QED) is 0.0717. The lowest BCUT2D eigenvalue weighted by Gasteiger charge is -2.51. The summed E-state index contributed by atoms with van der Waals surface area (Å²) < 4.78 is 55.2. The summed E-state index contributed by atoms with van der Waals surface area (Å²) in [6, 6.07) is 9.60. The molecule has 0 aromatic heterocycles. The Bertz CT molecular complexity index is 1730. The molecular formula is C46H70O15. The number of methoxy groups -OCH3 is 1. The highest BCUT2D eigenvalue weighted by atomic mass is 16.8. The lowest BCUT2D eigenvalue weighted by molar-refractivity contribution is -0.387. The number of esters is 5. The van der Waals surface area contributed by atoms with Crippen LogP contribution in [-0.2, 0) is 73.0 Å². The van der Waals surface area contributed by atoms with Gasteiger partial charge >= 0.3 is 29.8 Å². The molecule has 3 rings (SSSR count). The number of hydrogen-bond acceptors (Lipinski definition) is 15. The molecule has 0 aliphatic carbocycles. The fourth-order valence-corrected chi connectivity index (χ4v) is 7.33. The van der Waals surface area contributed by atoms with Crippen molar-refractivity contribution in [1.29, 1.82) is 0 Å². The van der Waals surface area contributed by atoms with Crippen LogP contribution >= 0.6 is 0 Å². The van der Waals surface area contributed by atoms with E-state index in [0.717, 1.165) is 5.56 Å². The molecule has 344 valence electrons. The van der Waals surface area contributed by atoms with Gasteiger partial charge in [0, 0.05) is 32.8 Å². The monoisotopic (exact) mass is 862 g/mol. The highest BCUT2D eigenvalue weighted by Crippen LogP contribution is 2.59. The van der Waals surface area contributed by atoms with Crippen molar-refractivity contribution in [2.24, 2.45) is 5.92 Å². The SMILES string of the molecule is C=C(CC[C@@]12O[C@H](C(=O)OC(C)(C)C)[C@@](O)(C(=O)OC(C)(C)C)[C@@](C(=O)OC(C)(C)C)(O1)[C@H](OC(=O)CCCC)[C@H]2OC(C)(C)OC)C(OC(C)=O)C(C)Cc1ccccc1. The summed E-state index contributed by atoms with van der Waals surface area (Å²) >= 11 is 0. The summed E-state index contributed by atoms with van der Waals surface area (Å²) in [6.07, 6.45) is -6.17. The van der Waals surface area contributed by atoms with E-state index >= 15 is 4.79 Å². The topological polar surface area (TPSA) is 189 Å². The molecule has 2 saturated heterocycles. The first-order valence-electron chi connectivity index (χ1n) is 21.0.